The Kier molecular flexibility index (Phi) is 15.1. The third-order valence-corrected chi connectivity index (χ3v) is 2.17. The van der Waals surface area contributed by atoms with Crippen molar-refractivity contribution in [2.75, 3.05) is 39.3 Å². The average Bonchev–Trinajstić information content (AvgIpc) is 2.22. The Morgan fingerprint density at radius 2 is 0.773 bits per heavy atom. The molecule has 127 valence electrons. The predicted molar refractivity (Wildman–Crippen MR) is 67.0 cm³/mol. The van der Waals surface area contributed by atoms with Gasteiger partial charge in [-0.2, -0.15) is 0 Å². The zero-order valence-electron chi connectivity index (χ0n) is 11.4. The van der Waals surface area contributed by atoms with E-state index in [1.165, 1.54) is 0 Å². The van der Waals surface area contributed by atoms with Crippen molar-refractivity contribution in [3.8, 4) is 0 Å². The van der Waals surface area contributed by atoms with Crippen LogP contribution < -0.4 is 0 Å². The first kappa shape index (κ1) is 25.3. The maximum absolute atomic E-state index is 10.6. The fourth-order valence-electron chi connectivity index (χ4n) is 1.48. The summed E-state index contributed by atoms with van der Waals surface area (Å²) in [4.78, 5) is 44.4. The average molecular weight is 411 g/mol. The predicted octanol–water partition coefficient (Wildman–Crippen LogP) is -2.90. The first-order valence-corrected chi connectivity index (χ1v) is 5.52. The van der Waals surface area contributed by atoms with Gasteiger partial charge in [0.1, 0.15) is 0 Å². The molecular weight excluding hydrogens is 393 g/mol. The number of carboxylic acids is 4. The molecule has 0 rings (SSSR count). The molecule has 0 aromatic carbocycles. The smallest absolute Gasteiger partial charge is 0.480 e. The van der Waals surface area contributed by atoms with Gasteiger partial charge in [-0.3, -0.25) is 29.0 Å². The van der Waals surface area contributed by atoms with Gasteiger partial charge in [0, 0.05) is 13.1 Å². The Labute approximate surface area is 138 Å². The summed E-state index contributed by atoms with van der Waals surface area (Å²) in [6.07, 6.45) is 0. The Morgan fingerprint density at radius 1 is 0.591 bits per heavy atom. The summed E-state index contributed by atoms with van der Waals surface area (Å²) in [5.74, 6) is -4.91. The molecule has 11 nitrogen and oxygen atoms in total. The summed E-state index contributed by atoms with van der Waals surface area (Å²) in [7, 11) is 0. The molecule has 0 aliphatic carbocycles. The zero-order valence-corrected chi connectivity index (χ0v) is 13.2. The fourth-order valence-corrected chi connectivity index (χ4v) is 1.48. The topological polar surface area (TPSA) is 187 Å². The van der Waals surface area contributed by atoms with Crippen LogP contribution in [0, 0.1) is 0 Å². The van der Waals surface area contributed by atoms with Crippen LogP contribution in [-0.4, -0.2) is 98.8 Å². The van der Waals surface area contributed by atoms with Crippen molar-refractivity contribution in [2.45, 2.75) is 0 Å². The van der Waals surface area contributed by atoms with E-state index in [0.29, 0.717) is 0 Å². The van der Waals surface area contributed by atoms with E-state index in [9.17, 15) is 19.2 Å². The first-order valence-electron chi connectivity index (χ1n) is 5.52. The monoisotopic (exact) mass is 412 g/mol. The number of aliphatic carboxylic acids is 4. The van der Waals surface area contributed by atoms with Crippen LogP contribution in [0.5, 0.6) is 0 Å². The molecule has 0 atom stereocenters. The first-order chi connectivity index (χ1) is 9.20. The zero-order chi connectivity index (χ0) is 15.7. The van der Waals surface area contributed by atoms with Crippen molar-refractivity contribution in [1.82, 2.24) is 9.80 Å². The number of carbonyl (C=O) groups is 4. The summed E-state index contributed by atoms with van der Waals surface area (Å²) in [6.45, 7) is -2.25. The Hall–Kier alpha value is -1.62. The van der Waals surface area contributed by atoms with Gasteiger partial charge in [-0.05, 0) is 0 Å². The molecule has 0 unspecified atom stereocenters. The summed E-state index contributed by atoms with van der Waals surface area (Å²) in [5.41, 5.74) is 0. The number of rotatable bonds is 11. The number of hydrogen-bond donors (Lipinski definition) is 4. The largest absolute Gasteiger partial charge is 3.00 e. The van der Waals surface area contributed by atoms with Crippen molar-refractivity contribution in [3.63, 3.8) is 0 Å². The van der Waals surface area contributed by atoms with Crippen LogP contribution in [-0.2, 0) is 38.7 Å². The van der Waals surface area contributed by atoms with Crippen LogP contribution >= 0.6 is 0 Å². The van der Waals surface area contributed by atoms with Crippen LogP contribution in [0.15, 0.2) is 0 Å². The molecule has 0 saturated carbocycles. The summed E-state index contributed by atoms with van der Waals surface area (Å²) in [6, 6.07) is 0. The second kappa shape index (κ2) is 13.1. The molecule has 0 saturated heterocycles. The Morgan fingerprint density at radius 3 is 0.909 bits per heavy atom. The normalized spacial score (nSPS) is 9.73. The van der Waals surface area contributed by atoms with Gasteiger partial charge >= 0.3 is 43.4 Å². The van der Waals surface area contributed by atoms with E-state index in [1.807, 2.05) is 0 Å². The van der Waals surface area contributed by atoms with E-state index in [-0.39, 0.29) is 38.0 Å². The molecule has 0 aromatic rings. The molecule has 0 heterocycles. The van der Waals surface area contributed by atoms with Crippen LogP contribution in [0.1, 0.15) is 0 Å². The van der Waals surface area contributed by atoms with Crippen LogP contribution in [0.2, 0.25) is 0 Å². The molecule has 0 aromatic heterocycles. The fraction of sp³-hybridized carbons (Fsp3) is 0.600. The van der Waals surface area contributed by atoms with E-state index in [1.54, 1.807) is 0 Å². The standard InChI is InChI=1S/C10H16N2O8.H2O.Ru/c13-7(14)3-11(4-8(15)16)1-2-12(5-9(17)18)6-10(19)20;;/h1-6H2,(H,13,14)(H,15,16)(H,17,18)(H,19,20);1H2;/q;;+3. The van der Waals surface area contributed by atoms with Gasteiger partial charge in [-0.25, -0.2) is 0 Å². The molecular formula is C10H18N2O9Ru+3. The Balaban J connectivity index is -0.00000180. The molecule has 0 aliphatic heterocycles. The minimum absolute atomic E-state index is 0. The van der Waals surface area contributed by atoms with Crippen molar-refractivity contribution >= 4 is 23.9 Å². The molecule has 6 N–H and O–H groups in total. The molecule has 0 bridgehead atoms. The minimum Gasteiger partial charge on any atom is -0.480 e. The van der Waals surface area contributed by atoms with Crippen molar-refractivity contribution in [1.29, 1.82) is 0 Å². The van der Waals surface area contributed by atoms with Gasteiger partial charge < -0.3 is 25.9 Å². The minimum atomic E-state index is -1.23. The maximum atomic E-state index is 10.6. The van der Waals surface area contributed by atoms with E-state index >= 15 is 0 Å². The molecule has 1 radical (unpaired) electrons. The Bertz CT molecular complexity index is 323. The van der Waals surface area contributed by atoms with E-state index in [2.05, 4.69) is 0 Å². The van der Waals surface area contributed by atoms with Gasteiger partial charge in [-0.15, -0.1) is 0 Å². The third-order valence-electron chi connectivity index (χ3n) is 2.17. The van der Waals surface area contributed by atoms with Crippen molar-refractivity contribution in [3.05, 3.63) is 0 Å². The van der Waals surface area contributed by atoms with Crippen molar-refractivity contribution in [2.24, 2.45) is 0 Å². The summed E-state index contributed by atoms with van der Waals surface area (Å²) >= 11 is 0. The summed E-state index contributed by atoms with van der Waals surface area (Å²) < 4.78 is 0. The number of hydrogen-bond acceptors (Lipinski definition) is 6. The van der Waals surface area contributed by atoms with Crippen LogP contribution in [0.25, 0.3) is 0 Å². The molecule has 0 aliphatic rings. The van der Waals surface area contributed by atoms with Crippen LogP contribution in [0.4, 0.5) is 0 Å². The number of nitrogens with zero attached hydrogens (tertiary/aromatic N) is 2. The maximum Gasteiger partial charge on any atom is 3.00 e. The van der Waals surface area contributed by atoms with Gasteiger partial charge in [0.15, 0.2) is 0 Å². The van der Waals surface area contributed by atoms with Crippen molar-refractivity contribution < 1.29 is 64.6 Å². The van der Waals surface area contributed by atoms with E-state index in [0.717, 1.165) is 9.80 Å². The van der Waals surface area contributed by atoms with Gasteiger partial charge in [0.05, 0.1) is 26.2 Å². The molecule has 12 heteroatoms. The quantitative estimate of drug-likeness (QED) is 0.257. The van der Waals surface area contributed by atoms with E-state index in [4.69, 9.17) is 20.4 Å². The molecule has 0 fully saturated rings. The molecule has 22 heavy (non-hydrogen) atoms. The van der Waals surface area contributed by atoms with Gasteiger partial charge in [0.25, 0.3) is 0 Å². The molecule has 0 amide bonds. The SMILES string of the molecule is O.O=C(O)CN(CCN(CC(=O)O)CC(=O)O)CC(=O)O.[Ru+3]. The number of carboxylic acid groups (broad SMARTS) is 4. The van der Waals surface area contributed by atoms with Crippen LogP contribution in [0.3, 0.4) is 0 Å². The second-order valence-electron chi connectivity index (χ2n) is 4.00. The summed E-state index contributed by atoms with van der Waals surface area (Å²) in [5, 5.41) is 34.5. The third kappa shape index (κ3) is 14.8. The second-order valence-corrected chi connectivity index (χ2v) is 4.00. The van der Waals surface area contributed by atoms with E-state index < -0.39 is 50.1 Å². The van der Waals surface area contributed by atoms with Gasteiger partial charge in [0.2, 0.25) is 0 Å². The molecule has 0 spiro atoms. The van der Waals surface area contributed by atoms with Gasteiger partial charge in [-0.1, -0.05) is 0 Å².